The van der Waals surface area contributed by atoms with E-state index in [1.54, 1.807) is 12.1 Å². The van der Waals surface area contributed by atoms with Crippen molar-refractivity contribution in [3.05, 3.63) is 40.4 Å². The number of alkyl halides is 3. The minimum atomic E-state index is -4.86. The fraction of sp³-hybridized carbons (Fsp3) is 0.214. The van der Waals surface area contributed by atoms with Gasteiger partial charge in [-0.1, -0.05) is 36.5 Å². The average Bonchev–Trinajstić information content (AvgIpc) is 3.22. The van der Waals surface area contributed by atoms with E-state index in [1.165, 1.54) is 4.68 Å². The predicted octanol–water partition coefficient (Wildman–Crippen LogP) is 3.55. The lowest BCUT2D eigenvalue weighted by molar-refractivity contribution is -0.141. The molecule has 12 heteroatoms. The average molecular weight is 401 g/mol. The highest BCUT2D eigenvalue weighted by molar-refractivity contribution is 8.00. The third kappa shape index (κ3) is 3.55. The molecule has 26 heavy (non-hydrogen) atoms. The lowest BCUT2D eigenvalue weighted by Crippen LogP contribution is -2.11. The number of para-hydroxylation sites is 1. The Morgan fingerprint density at radius 2 is 2.08 bits per heavy atom. The molecule has 0 fully saturated rings. The Hall–Kier alpha value is -2.47. The van der Waals surface area contributed by atoms with E-state index in [0.29, 0.717) is 23.4 Å². The number of hydrogen-bond acceptors (Lipinski definition) is 7. The Morgan fingerprint density at radius 3 is 2.69 bits per heavy atom. The standard InChI is InChI=1S/C14H10F3N5O2S2/c1-2-7-5-3-4-6-8(7)22-12(19-20-21-22)26-13-18-10(14(15,16)17)9(25-13)11(23)24/h3-6H,2H2,1H3,(H,23,24). The molecule has 0 aliphatic heterocycles. The first-order valence-electron chi connectivity index (χ1n) is 7.17. The van der Waals surface area contributed by atoms with Gasteiger partial charge in [0.1, 0.15) is 4.88 Å². The number of aromatic carboxylic acids is 1. The number of carboxylic acid groups (broad SMARTS) is 1. The molecule has 0 aliphatic carbocycles. The number of tetrazole rings is 1. The highest BCUT2D eigenvalue weighted by Crippen LogP contribution is 2.39. The first kappa shape index (κ1) is 18.3. The van der Waals surface area contributed by atoms with Crippen molar-refractivity contribution in [2.45, 2.75) is 29.0 Å². The number of benzene rings is 1. The summed E-state index contributed by atoms with van der Waals surface area (Å²) in [5.41, 5.74) is 0.210. The molecule has 0 saturated heterocycles. The molecule has 3 rings (SSSR count). The van der Waals surface area contributed by atoms with Crippen molar-refractivity contribution in [3.63, 3.8) is 0 Å². The van der Waals surface area contributed by atoms with Gasteiger partial charge in [0.25, 0.3) is 0 Å². The first-order valence-corrected chi connectivity index (χ1v) is 8.80. The summed E-state index contributed by atoms with van der Waals surface area (Å²) in [6, 6.07) is 7.32. The van der Waals surface area contributed by atoms with Crippen LogP contribution in [0.25, 0.3) is 5.69 Å². The highest BCUT2D eigenvalue weighted by Gasteiger charge is 2.40. The molecule has 0 aliphatic rings. The topological polar surface area (TPSA) is 93.8 Å². The predicted molar refractivity (Wildman–Crippen MR) is 86.7 cm³/mol. The summed E-state index contributed by atoms with van der Waals surface area (Å²) in [7, 11) is 0. The van der Waals surface area contributed by atoms with Gasteiger partial charge in [0, 0.05) is 0 Å². The van der Waals surface area contributed by atoms with E-state index >= 15 is 0 Å². The Bertz CT molecular complexity index is 954. The van der Waals surface area contributed by atoms with Gasteiger partial charge in [-0.2, -0.15) is 17.9 Å². The van der Waals surface area contributed by atoms with Gasteiger partial charge in [-0.3, -0.25) is 0 Å². The summed E-state index contributed by atoms with van der Waals surface area (Å²) in [6.07, 6.45) is -4.15. The number of rotatable bonds is 5. The maximum absolute atomic E-state index is 13.0. The summed E-state index contributed by atoms with van der Waals surface area (Å²) in [5, 5.41) is 20.4. The van der Waals surface area contributed by atoms with Gasteiger partial charge >= 0.3 is 12.1 Å². The van der Waals surface area contributed by atoms with Crippen molar-refractivity contribution in [2.24, 2.45) is 0 Å². The number of aromatic nitrogens is 5. The second-order valence-corrected chi connectivity index (χ2v) is 7.13. The molecule has 2 heterocycles. The van der Waals surface area contributed by atoms with Crippen LogP contribution in [0.15, 0.2) is 33.8 Å². The van der Waals surface area contributed by atoms with E-state index in [-0.39, 0.29) is 9.50 Å². The Morgan fingerprint density at radius 1 is 1.35 bits per heavy atom. The van der Waals surface area contributed by atoms with Crippen LogP contribution in [0.3, 0.4) is 0 Å². The van der Waals surface area contributed by atoms with Gasteiger partial charge < -0.3 is 5.11 Å². The number of thiazole rings is 1. The normalized spacial score (nSPS) is 11.7. The molecule has 136 valence electrons. The third-order valence-electron chi connectivity index (χ3n) is 3.29. The van der Waals surface area contributed by atoms with Crippen LogP contribution in [0.4, 0.5) is 13.2 Å². The largest absolute Gasteiger partial charge is 0.477 e. The molecule has 1 N–H and O–H groups in total. The molecule has 0 amide bonds. The van der Waals surface area contributed by atoms with Gasteiger partial charge in [-0.05, 0) is 40.2 Å². The molecule has 0 saturated carbocycles. The number of aryl methyl sites for hydroxylation is 1. The molecular formula is C14H10F3N5O2S2. The molecule has 0 bridgehead atoms. The molecule has 7 nitrogen and oxygen atoms in total. The van der Waals surface area contributed by atoms with Crippen LogP contribution in [-0.2, 0) is 12.6 Å². The summed E-state index contributed by atoms with van der Waals surface area (Å²) >= 11 is 1.20. The highest BCUT2D eigenvalue weighted by atomic mass is 32.2. The quantitative estimate of drug-likeness (QED) is 0.699. The summed E-state index contributed by atoms with van der Waals surface area (Å²) < 4.78 is 40.2. The minimum Gasteiger partial charge on any atom is -0.477 e. The number of nitrogens with zero attached hydrogens (tertiary/aromatic N) is 5. The van der Waals surface area contributed by atoms with Gasteiger partial charge in [0.2, 0.25) is 5.16 Å². The molecule has 0 atom stereocenters. The van der Waals surface area contributed by atoms with Crippen LogP contribution in [-0.4, -0.2) is 36.3 Å². The number of carboxylic acids is 1. The lowest BCUT2D eigenvalue weighted by Gasteiger charge is -2.07. The maximum atomic E-state index is 13.0. The van der Waals surface area contributed by atoms with E-state index in [1.807, 2.05) is 19.1 Å². The van der Waals surface area contributed by atoms with Gasteiger partial charge in [-0.25, -0.2) is 9.78 Å². The molecule has 0 spiro atoms. The third-order valence-corrected chi connectivity index (χ3v) is 5.33. The second kappa shape index (κ2) is 7.03. The van der Waals surface area contributed by atoms with Crippen LogP contribution in [0, 0.1) is 0 Å². The van der Waals surface area contributed by atoms with Crippen molar-refractivity contribution in [1.82, 2.24) is 25.2 Å². The fourth-order valence-corrected chi connectivity index (χ4v) is 4.06. The van der Waals surface area contributed by atoms with Crippen molar-refractivity contribution < 1.29 is 23.1 Å². The SMILES string of the molecule is CCc1ccccc1-n1nnnc1Sc1nc(C(F)(F)F)c(C(=O)O)s1. The Balaban J connectivity index is 1.99. The summed E-state index contributed by atoms with van der Waals surface area (Å²) in [5.74, 6) is -1.68. The minimum absolute atomic E-state index is 0.111. The molecule has 3 aromatic rings. The lowest BCUT2D eigenvalue weighted by atomic mass is 10.1. The maximum Gasteiger partial charge on any atom is 0.435 e. The van der Waals surface area contributed by atoms with E-state index in [9.17, 15) is 18.0 Å². The second-order valence-electron chi connectivity index (χ2n) is 4.92. The fourth-order valence-electron chi connectivity index (χ4n) is 2.17. The van der Waals surface area contributed by atoms with Gasteiger partial charge in [0.15, 0.2) is 10.0 Å². The number of hydrogen-bond donors (Lipinski definition) is 1. The number of halogens is 3. The number of carbonyl (C=O) groups is 1. The molecule has 2 aromatic heterocycles. The van der Waals surface area contributed by atoms with Crippen LogP contribution < -0.4 is 0 Å². The zero-order valence-corrected chi connectivity index (χ0v) is 14.7. The Labute approximate surface area is 152 Å². The summed E-state index contributed by atoms with van der Waals surface area (Å²) in [6.45, 7) is 1.95. The van der Waals surface area contributed by atoms with E-state index in [0.717, 1.165) is 17.3 Å². The first-order chi connectivity index (χ1) is 12.3. The molecular weight excluding hydrogens is 391 g/mol. The van der Waals surface area contributed by atoms with Crippen LogP contribution in [0.2, 0.25) is 0 Å². The molecule has 0 radical (unpaired) electrons. The zero-order valence-electron chi connectivity index (χ0n) is 13.1. The van der Waals surface area contributed by atoms with Crippen LogP contribution in [0.1, 0.15) is 27.9 Å². The summed E-state index contributed by atoms with van der Waals surface area (Å²) in [4.78, 5) is 13.6. The van der Waals surface area contributed by atoms with Crippen molar-refractivity contribution in [2.75, 3.05) is 0 Å². The van der Waals surface area contributed by atoms with Gasteiger partial charge in [0.05, 0.1) is 5.69 Å². The Kier molecular flexibility index (Phi) is 4.96. The smallest absolute Gasteiger partial charge is 0.435 e. The van der Waals surface area contributed by atoms with Crippen LogP contribution >= 0.6 is 23.1 Å². The van der Waals surface area contributed by atoms with Crippen molar-refractivity contribution in [1.29, 1.82) is 0 Å². The van der Waals surface area contributed by atoms with Gasteiger partial charge in [-0.15, -0.1) is 5.10 Å². The molecule has 1 aromatic carbocycles. The van der Waals surface area contributed by atoms with E-state index in [2.05, 4.69) is 20.5 Å². The van der Waals surface area contributed by atoms with Crippen LogP contribution in [0.5, 0.6) is 0 Å². The van der Waals surface area contributed by atoms with E-state index < -0.39 is 22.7 Å². The van der Waals surface area contributed by atoms with Crippen molar-refractivity contribution in [3.8, 4) is 5.69 Å². The zero-order chi connectivity index (χ0) is 18.9. The van der Waals surface area contributed by atoms with E-state index in [4.69, 9.17) is 5.11 Å². The monoisotopic (exact) mass is 401 g/mol. The van der Waals surface area contributed by atoms with Crippen molar-refractivity contribution >= 4 is 29.1 Å². The molecule has 0 unspecified atom stereocenters.